The van der Waals surface area contributed by atoms with E-state index in [1.165, 1.54) is 35.2 Å². The Morgan fingerprint density at radius 1 is 1.11 bits per heavy atom. The molecule has 0 aliphatic heterocycles. The van der Waals surface area contributed by atoms with Crippen molar-refractivity contribution in [2.45, 2.75) is 13.5 Å². The highest BCUT2D eigenvalue weighted by Gasteiger charge is 2.27. The Bertz CT molecular complexity index is 1040. The van der Waals surface area contributed by atoms with Gasteiger partial charge in [0.1, 0.15) is 11.4 Å². The number of rotatable bonds is 5. The molecule has 0 aliphatic rings. The van der Waals surface area contributed by atoms with Crippen molar-refractivity contribution in [2.24, 2.45) is 0 Å². The van der Waals surface area contributed by atoms with Crippen molar-refractivity contribution >= 4 is 33.2 Å². The number of hydrogen-bond donors (Lipinski definition) is 0. The van der Waals surface area contributed by atoms with E-state index in [4.69, 9.17) is 0 Å². The van der Waals surface area contributed by atoms with Crippen LogP contribution in [0, 0.1) is 22.9 Å². The molecule has 0 unspecified atom stereocenters. The smallest absolute Gasteiger partial charge is 0.282 e. The Morgan fingerprint density at radius 2 is 1.82 bits per heavy atom. The second-order valence-electron chi connectivity index (χ2n) is 6.23. The molecule has 0 saturated carbocycles. The first-order valence-corrected chi connectivity index (χ1v) is 9.22. The summed E-state index contributed by atoms with van der Waals surface area (Å²) in [6.45, 7) is 1.91. The van der Waals surface area contributed by atoms with Crippen LogP contribution in [0.2, 0.25) is 0 Å². The molecular formula is C21H16BrFN2O3. The molecule has 3 rings (SSSR count). The highest BCUT2D eigenvalue weighted by molar-refractivity contribution is 9.10. The van der Waals surface area contributed by atoms with Gasteiger partial charge in [-0.3, -0.25) is 14.9 Å². The number of carbonyl (C=O) groups excluding carboxylic acids is 1. The molecule has 5 nitrogen and oxygen atoms in total. The van der Waals surface area contributed by atoms with Gasteiger partial charge < -0.3 is 4.90 Å². The van der Waals surface area contributed by atoms with Gasteiger partial charge in [-0.15, -0.1) is 0 Å². The monoisotopic (exact) mass is 442 g/mol. The van der Waals surface area contributed by atoms with Crippen LogP contribution >= 0.6 is 15.9 Å². The van der Waals surface area contributed by atoms with Gasteiger partial charge >= 0.3 is 0 Å². The molecule has 0 saturated heterocycles. The third-order valence-corrected chi connectivity index (χ3v) is 4.77. The third kappa shape index (κ3) is 4.26. The van der Waals surface area contributed by atoms with Crippen LogP contribution in [0.4, 0.5) is 15.8 Å². The van der Waals surface area contributed by atoms with Crippen LogP contribution in [0.3, 0.4) is 0 Å². The molecule has 0 N–H and O–H groups in total. The van der Waals surface area contributed by atoms with Crippen molar-refractivity contribution in [1.82, 2.24) is 0 Å². The fourth-order valence-electron chi connectivity index (χ4n) is 2.89. The van der Waals surface area contributed by atoms with E-state index in [-0.39, 0.29) is 17.8 Å². The Kier molecular flexibility index (Phi) is 5.84. The summed E-state index contributed by atoms with van der Waals surface area (Å²) in [6, 6.07) is 17.5. The fraction of sp³-hybridized carbons (Fsp3) is 0.0952. The lowest BCUT2D eigenvalue weighted by atomic mass is 10.1. The van der Waals surface area contributed by atoms with E-state index in [0.717, 1.165) is 5.56 Å². The Morgan fingerprint density at radius 3 is 2.50 bits per heavy atom. The Hall–Kier alpha value is -3.06. The number of aryl methyl sites for hydroxylation is 1. The molecule has 0 heterocycles. The number of halogens is 2. The summed E-state index contributed by atoms with van der Waals surface area (Å²) < 4.78 is 14.5. The van der Waals surface area contributed by atoms with Crippen molar-refractivity contribution in [1.29, 1.82) is 0 Å². The van der Waals surface area contributed by atoms with Crippen molar-refractivity contribution in [2.75, 3.05) is 4.90 Å². The zero-order valence-corrected chi connectivity index (χ0v) is 16.5. The molecule has 142 valence electrons. The van der Waals surface area contributed by atoms with Crippen LogP contribution in [-0.4, -0.2) is 10.8 Å². The standard InChI is InChI=1S/C21H16BrFN2O3/c1-14-7-9-17(23)12-20(14)24(13-15-5-3-2-4-6-15)21(26)18-11-16(22)8-10-19(18)25(27)28/h2-12H,13H2,1H3. The molecular weight excluding hydrogens is 427 g/mol. The van der Waals surface area contributed by atoms with Gasteiger partial charge in [-0.2, -0.15) is 0 Å². The summed E-state index contributed by atoms with van der Waals surface area (Å²) in [5.74, 6) is -1.07. The number of nitro benzene ring substituents is 1. The van der Waals surface area contributed by atoms with Gasteiger partial charge in [-0.1, -0.05) is 52.3 Å². The first-order chi connectivity index (χ1) is 13.4. The van der Waals surface area contributed by atoms with Crippen molar-refractivity contribution in [3.05, 3.63) is 104 Å². The third-order valence-electron chi connectivity index (χ3n) is 4.28. The minimum atomic E-state index is -0.598. The SMILES string of the molecule is Cc1ccc(F)cc1N(Cc1ccccc1)C(=O)c1cc(Br)ccc1[N+](=O)[O-]. The molecule has 7 heteroatoms. The maximum atomic E-state index is 13.9. The van der Waals surface area contributed by atoms with Gasteiger partial charge in [0, 0.05) is 10.5 Å². The van der Waals surface area contributed by atoms with E-state index < -0.39 is 16.6 Å². The molecule has 0 atom stereocenters. The van der Waals surface area contributed by atoms with Gasteiger partial charge in [0.05, 0.1) is 17.2 Å². The molecule has 1 amide bonds. The zero-order chi connectivity index (χ0) is 20.3. The van der Waals surface area contributed by atoms with Crippen molar-refractivity contribution in [3.8, 4) is 0 Å². The average Bonchev–Trinajstić information content (AvgIpc) is 2.68. The van der Waals surface area contributed by atoms with Crippen LogP contribution in [0.15, 0.2) is 71.2 Å². The zero-order valence-electron chi connectivity index (χ0n) is 14.9. The number of nitro groups is 1. The van der Waals surface area contributed by atoms with Gasteiger partial charge in [0.2, 0.25) is 0 Å². The first kappa shape index (κ1) is 19.7. The normalized spacial score (nSPS) is 10.5. The first-order valence-electron chi connectivity index (χ1n) is 8.42. The summed E-state index contributed by atoms with van der Waals surface area (Å²) in [6.07, 6.45) is 0. The number of amides is 1. The average molecular weight is 443 g/mol. The fourth-order valence-corrected chi connectivity index (χ4v) is 3.25. The van der Waals surface area contributed by atoms with E-state index in [1.54, 1.807) is 13.0 Å². The highest BCUT2D eigenvalue weighted by atomic mass is 79.9. The second-order valence-corrected chi connectivity index (χ2v) is 7.14. The maximum Gasteiger partial charge on any atom is 0.282 e. The largest absolute Gasteiger partial charge is 0.303 e. The lowest BCUT2D eigenvalue weighted by Crippen LogP contribution is -2.31. The molecule has 3 aromatic rings. The highest BCUT2D eigenvalue weighted by Crippen LogP contribution is 2.29. The van der Waals surface area contributed by atoms with Crippen molar-refractivity contribution in [3.63, 3.8) is 0 Å². The van der Waals surface area contributed by atoms with Gasteiger partial charge in [-0.05, 0) is 42.3 Å². The molecule has 3 aromatic carbocycles. The van der Waals surface area contributed by atoms with Gasteiger partial charge in [0.15, 0.2) is 0 Å². The molecule has 0 aromatic heterocycles. The van der Waals surface area contributed by atoms with E-state index in [2.05, 4.69) is 15.9 Å². The Labute approximate surface area is 169 Å². The van der Waals surface area contributed by atoms with E-state index in [9.17, 15) is 19.3 Å². The van der Waals surface area contributed by atoms with Gasteiger partial charge in [-0.25, -0.2) is 4.39 Å². The maximum absolute atomic E-state index is 13.9. The summed E-state index contributed by atoms with van der Waals surface area (Å²) >= 11 is 3.26. The molecule has 0 bridgehead atoms. The minimum absolute atomic E-state index is 0.0704. The van der Waals surface area contributed by atoms with Gasteiger partial charge in [0.25, 0.3) is 11.6 Å². The summed E-state index contributed by atoms with van der Waals surface area (Å²) in [5, 5.41) is 11.4. The molecule has 0 fully saturated rings. The number of hydrogen-bond acceptors (Lipinski definition) is 3. The molecule has 0 spiro atoms. The Balaban J connectivity index is 2.14. The number of anilines is 1. The molecule has 0 radical (unpaired) electrons. The lowest BCUT2D eigenvalue weighted by molar-refractivity contribution is -0.385. The summed E-state index contributed by atoms with van der Waals surface area (Å²) in [4.78, 5) is 25.6. The number of carbonyl (C=O) groups is 1. The number of nitrogens with zero attached hydrogens (tertiary/aromatic N) is 2. The van der Waals surface area contributed by atoms with Crippen LogP contribution < -0.4 is 4.90 Å². The van der Waals surface area contributed by atoms with Crippen LogP contribution in [0.25, 0.3) is 0 Å². The van der Waals surface area contributed by atoms with Crippen LogP contribution in [0.5, 0.6) is 0 Å². The second kappa shape index (κ2) is 8.31. The quantitative estimate of drug-likeness (QED) is 0.378. The predicted octanol–water partition coefficient (Wildman–Crippen LogP) is 5.65. The van der Waals surface area contributed by atoms with E-state index in [1.807, 2.05) is 30.3 Å². The van der Waals surface area contributed by atoms with E-state index in [0.29, 0.717) is 15.7 Å². The van der Waals surface area contributed by atoms with Crippen LogP contribution in [0.1, 0.15) is 21.5 Å². The minimum Gasteiger partial charge on any atom is -0.303 e. The summed E-state index contributed by atoms with van der Waals surface area (Å²) in [7, 11) is 0. The lowest BCUT2D eigenvalue weighted by Gasteiger charge is -2.25. The topological polar surface area (TPSA) is 63.5 Å². The molecule has 28 heavy (non-hydrogen) atoms. The molecule has 0 aliphatic carbocycles. The van der Waals surface area contributed by atoms with E-state index >= 15 is 0 Å². The van der Waals surface area contributed by atoms with Crippen molar-refractivity contribution < 1.29 is 14.1 Å². The summed E-state index contributed by atoms with van der Waals surface area (Å²) in [5.41, 5.74) is 1.49. The van der Waals surface area contributed by atoms with Crippen LogP contribution in [-0.2, 0) is 6.54 Å². The predicted molar refractivity (Wildman–Crippen MR) is 109 cm³/mol. The number of benzene rings is 3.